The van der Waals surface area contributed by atoms with Gasteiger partial charge in [0.25, 0.3) is 0 Å². The predicted octanol–water partition coefficient (Wildman–Crippen LogP) is 3.93. The molecule has 2 aromatic rings. The van der Waals surface area contributed by atoms with Crippen LogP contribution in [-0.2, 0) is 14.3 Å². The summed E-state index contributed by atoms with van der Waals surface area (Å²) in [6, 6.07) is 15.8. The summed E-state index contributed by atoms with van der Waals surface area (Å²) < 4.78 is 5.58. The van der Waals surface area contributed by atoms with Gasteiger partial charge in [-0.25, -0.2) is 9.59 Å². The van der Waals surface area contributed by atoms with E-state index in [1.165, 1.54) is 38.9 Å². The summed E-state index contributed by atoms with van der Waals surface area (Å²) in [6.45, 7) is 0.818. The Morgan fingerprint density at radius 2 is 1.65 bits per heavy atom. The number of alkyl carbamates (subject to hydrolysis) is 1. The highest BCUT2D eigenvalue weighted by Crippen LogP contribution is 2.44. The molecule has 1 saturated heterocycles. The number of ether oxygens (including phenoxy) is 1. The molecular formula is C26H28N2O5S. The van der Waals surface area contributed by atoms with Crippen LogP contribution < -0.4 is 5.32 Å². The number of amides is 2. The van der Waals surface area contributed by atoms with Crippen molar-refractivity contribution >= 4 is 29.7 Å². The average Bonchev–Trinajstić information content (AvgIpc) is 3.43. The van der Waals surface area contributed by atoms with E-state index >= 15 is 0 Å². The van der Waals surface area contributed by atoms with E-state index in [0.717, 1.165) is 12.8 Å². The second kappa shape index (κ2) is 9.70. The molecule has 1 saturated carbocycles. The molecule has 0 spiro atoms. The number of carbonyl (C=O) groups excluding carboxylic acids is 2. The smallest absolute Gasteiger partial charge is 0.407 e. The van der Waals surface area contributed by atoms with E-state index in [9.17, 15) is 19.5 Å². The van der Waals surface area contributed by atoms with Crippen LogP contribution in [-0.4, -0.2) is 58.8 Å². The van der Waals surface area contributed by atoms with Crippen molar-refractivity contribution in [2.24, 2.45) is 11.8 Å². The summed E-state index contributed by atoms with van der Waals surface area (Å²) >= 11 is 1.48. The number of hydrogen-bond acceptors (Lipinski definition) is 5. The standard InChI is InChI=1S/C26H28N2O5S/c29-24(28-15-34-14-23(28)25(30)31)11-16-9-17(10-16)12-27-26(32)33-13-22-20-7-3-1-5-18(20)19-6-2-4-8-21(19)22/h1-8,16-17,22-23H,9-15H2,(H,27,32)(H,30,31)/t16?,17?,23-/m0/s1. The molecule has 1 atom stereocenters. The topological polar surface area (TPSA) is 95.9 Å². The van der Waals surface area contributed by atoms with Crippen molar-refractivity contribution in [1.29, 1.82) is 0 Å². The van der Waals surface area contributed by atoms with E-state index in [1.54, 1.807) is 0 Å². The summed E-state index contributed by atoms with van der Waals surface area (Å²) in [6.07, 6.45) is 1.67. The molecule has 3 aliphatic rings. The summed E-state index contributed by atoms with van der Waals surface area (Å²) in [5.74, 6) is 0.509. The maximum Gasteiger partial charge on any atom is 0.407 e. The third kappa shape index (κ3) is 4.51. The third-order valence-corrected chi connectivity index (χ3v) is 8.18. The van der Waals surface area contributed by atoms with Crippen LogP contribution in [0.3, 0.4) is 0 Å². The lowest BCUT2D eigenvalue weighted by Crippen LogP contribution is -2.44. The molecule has 2 fully saturated rings. The van der Waals surface area contributed by atoms with Gasteiger partial charge in [-0.15, -0.1) is 11.8 Å². The normalized spacial score (nSPS) is 23.1. The third-order valence-electron chi connectivity index (χ3n) is 7.16. The van der Waals surface area contributed by atoms with Crippen LogP contribution in [0.15, 0.2) is 48.5 Å². The Kier molecular flexibility index (Phi) is 6.50. The molecule has 2 N–H and O–H groups in total. The monoisotopic (exact) mass is 480 g/mol. The number of benzene rings is 2. The predicted molar refractivity (Wildman–Crippen MR) is 129 cm³/mol. The largest absolute Gasteiger partial charge is 0.480 e. The van der Waals surface area contributed by atoms with Gasteiger partial charge < -0.3 is 20.1 Å². The van der Waals surface area contributed by atoms with E-state index in [-0.39, 0.29) is 17.7 Å². The van der Waals surface area contributed by atoms with Crippen molar-refractivity contribution in [3.8, 4) is 11.1 Å². The lowest BCUT2D eigenvalue weighted by molar-refractivity contribution is -0.148. The second-order valence-electron chi connectivity index (χ2n) is 9.33. The first-order valence-electron chi connectivity index (χ1n) is 11.7. The van der Waals surface area contributed by atoms with Crippen molar-refractivity contribution in [3.63, 3.8) is 0 Å². The number of hydrogen-bond donors (Lipinski definition) is 2. The molecule has 0 bridgehead atoms. The van der Waals surface area contributed by atoms with Crippen molar-refractivity contribution in [2.45, 2.75) is 31.2 Å². The molecule has 2 aromatic carbocycles. The van der Waals surface area contributed by atoms with Gasteiger partial charge in [0.1, 0.15) is 12.6 Å². The van der Waals surface area contributed by atoms with Crippen LogP contribution in [0.5, 0.6) is 0 Å². The number of fused-ring (bicyclic) bond motifs is 3. The Morgan fingerprint density at radius 1 is 1.00 bits per heavy atom. The molecule has 1 aliphatic heterocycles. The highest BCUT2D eigenvalue weighted by atomic mass is 32.2. The Labute approximate surface area is 202 Å². The minimum Gasteiger partial charge on any atom is -0.480 e. The van der Waals surface area contributed by atoms with Crippen LogP contribution in [0.1, 0.15) is 36.3 Å². The molecule has 0 aromatic heterocycles. The van der Waals surface area contributed by atoms with E-state index < -0.39 is 18.1 Å². The minimum atomic E-state index is -0.933. The fourth-order valence-corrected chi connectivity index (χ4v) is 6.51. The molecule has 178 valence electrons. The van der Waals surface area contributed by atoms with E-state index in [1.807, 2.05) is 24.3 Å². The van der Waals surface area contributed by atoms with Gasteiger partial charge in [-0.3, -0.25) is 4.79 Å². The summed E-state index contributed by atoms with van der Waals surface area (Å²) in [5.41, 5.74) is 4.77. The molecule has 7 nitrogen and oxygen atoms in total. The Morgan fingerprint density at radius 3 is 2.29 bits per heavy atom. The first-order chi connectivity index (χ1) is 16.5. The van der Waals surface area contributed by atoms with Crippen molar-refractivity contribution in [2.75, 3.05) is 24.8 Å². The number of thioether (sulfide) groups is 1. The number of carboxylic acid groups (broad SMARTS) is 1. The number of carboxylic acids is 1. The number of nitrogens with one attached hydrogen (secondary N) is 1. The second-order valence-corrected chi connectivity index (χ2v) is 10.3. The van der Waals surface area contributed by atoms with Crippen LogP contribution >= 0.6 is 11.8 Å². The summed E-state index contributed by atoms with van der Waals surface area (Å²) in [5, 5.41) is 12.1. The summed E-state index contributed by atoms with van der Waals surface area (Å²) in [4.78, 5) is 37.6. The van der Waals surface area contributed by atoms with Crippen molar-refractivity contribution in [3.05, 3.63) is 59.7 Å². The Hall–Kier alpha value is -3.00. The number of aliphatic carboxylic acids is 1. The lowest BCUT2D eigenvalue weighted by atomic mass is 9.73. The zero-order valence-corrected chi connectivity index (χ0v) is 19.6. The molecule has 0 unspecified atom stereocenters. The Balaban J connectivity index is 1.05. The fraction of sp³-hybridized carbons (Fsp3) is 0.423. The van der Waals surface area contributed by atoms with E-state index in [4.69, 9.17) is 4.74 Å². The van der Waals surface area contributed by atoms with Gasteiger partial charge in [-0.1, -0.05) is 48.5 Å². The van der Waals surface area contributed by atoms with Gasteiger partial charge in [-0.05, 0) is 46.9 Å². The molecule has 1 heterocycles. The van der Waals surface area contributed by atoms with E-state index in [0.29, 0.717) is 37.1 Å². The van der Waals surface area contributed by atoms with Crippen molar-refractivity contribution in [1.82, 2.24) is 10.2 Å². The number of rotatable bonds is 7. The van der Waals surface area contributed by atoms with Gasteiger partial charge in [-0.2, -0.15) is 0 Å². The van der Waals surface area contributed by atoms with Gasteiger partial charge >= 0.3 is 12.1 Å². The highest BCUT2D eigenvalue weighted by Gasteiger charge is 2.38. The maximum absolute atomic E-state index is 12.5. The Bertz CT molecular complexity index is 1050. The van der Waals surface area contributed by atoms with Crippen LogP contribution in [0.2, 0.25) is 0 Å². The lowest BCUT2D eigenvalue weighted by Gasteiger charge is -2.36. The van der Waals surface area contributed by atoms with E-state index in [2.05, 4.69) is 29.6 Å². The fourth-order valence-electron chi connectivity index (χ4n) is 5.34. The van der Waals surface area contributed by atoms with Gasteiger partial charge in [0.2, 0.25) is 5.91 Å². The van der Waals surface area contributed by atoms with Gasteiger partial charge in [0.15, 0.2) is 0 Å². The first-order valence-corrected chi connectivity index (χ1v) is 12.9. The average molecular weight is 481 g/mol. The molecule has 2 amide bonds. The number of carbonyl (C=O) groups is 3. The highest BCUT2D eigenvalue weighted by molar-refractivity contribution is 7.99. The molecule has 0 radical (unpaired) electrons. The SMILES string of the molecule is O=C(NCC1CC(CC(=O)N2CSC[C@H]2C(=O)O)C1)OCC1c2ccccc2-c2ccccc21. The molecule has 5 rings (SSSR count). The first kappa shape index (κ1) is 22.8. The van der Waals surface area contributed by atoms with Crippen molar-refractivity contribution < 1.29 is 24.2 Å². The minimum absolute atomic E-state index is 0.0376. The number of nitrogens with zero attached hydrogens (tertiary/aromatic N) is 1. The van der Waals surface area contributed by atoms with Crippen LogP contribution in [0.4, 0.5) is 4.79 Å². The molecule has 34 heavy (non-hydrogen) atoms. The summed E-state index contributed by atoms with van der Waals surface area (Å²) in [7, 11) is 0. The maximum atomic E-state index is 12.5. The molecule has 2 aliphatic carbocycles. The quantitative estimate of drug-likeness (QED) is 0.624. The van der Waals surface area contributed by atoms with Crippen LogP contribution in [0.25, 0.3) is 11.1 Å². The van der Waals surface area contributed by atoms with Gasteiger partial charge in [0, 0.05) is 24.6 Å². The van der Waals surface area contributed by atoms with Gasteiger partial charge in [0.05, 0.1) is 5.88 Å². The zero-order valence-electron chi connectivity index (χ0n) is 18.8. The molecule has 8 heteroatoms. The van der Waals surface area contributed by atoms with Crippen LogP contribution in [0, 0.1) is 11.8 Å². The molecular weight excluding hydrogens is 452 g/mol. The zero-order chi connectivity index (χ0) is 23.7.